The van der Waals surface area contributed by atoms with Crippen molar-refractivity contribution in [2.24, 2.45) is 5.10 Å². The maximum absolute atomic E-state index is 12.3. The van der Waals surface area contributed by atoms with Crippen molar-refractivity contribution >= 4 is 23.1 Å². The number of amides is 1. The summed E-state index contributed by atoms with van der Waals surface area (Å²) in [5.41, 5.74) is 4.25. The molecule has 0 fully saturated rings. The largest absolute Gasteiger partial charge is 0.504 e. The molecular formula is C19H18N2O4. The average molecular weight is 338 g/mol. The third kappa shape index (κ3) is 3.33. The summed E-state index contributed by atoms with van der Waals surface area (Å²) in [6, 6.07) is 12.5. The van der Waals surface area contributed by atoms with Crippen molar-refractivity contribution in [1.82, 2.24) is 5.43 Å². The van der Waals surface area contributed by atoms with Crippen LogP contribution in [0, 0.1) is 6.92 Å². The van der Waals surface area contributed by atoms with E-state index in [4.69, 9.17) is 9.15 Å². The third-order valence-corrected chi connectivity index (χ3v) is 3.75. The number of benzene rings is 2. The highest BCUT2D eigenvalue weighted by Crippen LogP contribution is 2.28. The number of fused-ring (bicyclic) bond motifs is 1. The van der Waals surface area contributed by atoms with Gasteiger partial charge in [-0.3, -0.25) is 4.79 Å². The van der Waals surface area contributed by atoms with Crippen molar-refractivity contribution in [3.05, 3.63) is 59.4 Å². The van der Waals surface area contributed by atoms with Crippen LogP contribution >= 0.6 is 0 Å². The fraction of sp³-hybridized carbons (Fsp3) is 0.158. The third-order valence-electron chi connectivity index (χ3n) is 3.75. The molecule has 128 valence electrons. The molecule has 0 atom stereocenters. The second-order valence-corrected chi connectivity index (χ2v) is 5.38. The Morgan fingerprint density at radius 3 is 2.84 bits per heavy atom. The van der Waals surface area contributed by atoms with Crippen molar-refractivity contribution in [3.8, 4) is 11.5 Å². The first-order valence-electron chi connectivity index (χ1n) is 7.88. The highest BCUT2D eigenvalue weighted by atomic mass is 16.5. The van der Waals surface area contributed by atoms with Crippen LogP contribution in [0.2, 0.25) is 0 Å². The van der Waals surface area contributed by atoms with E-state index >= 15 is 0 Å². The average Bonchev–Trinajstić information content (AvgIpc) is 2.95. The van der Waals surface area contributed by atoms with Gasteiger partial charge in [-0.2, -0.15) is 5.10 Å². The quantitative estimate of drug-likeness (QED) is 0.550. The second-order valence-electron chi connectivity index (χ2n) is 5.38. The van der Waals surface area contributed by atoms with Gasteiger partial charge in [0, 0.05) is 16.5 Å². The van der Waals surface area contributed by atoms with Crippen molar-refractivity contribution < 1.29 is 19.1 Å². The summed E-state index contributed by atoms with van der Waals surface area (Å²) in [5.74, 6) is 0.101. The van der Waals surface area contributed by atoms with Crippen molar-refractivity contribution in [2.75, 3.05) is 6.61 Å². The monoisotopic (exact) mass is 338 g/mol. The molecule has 1 amide bonds. The van der Waals surface area contributed by atoms with Crippen LogP contribution in [0.25, 0.3) is 11.0 Å². The Kier molecular flexibility index (Phi) is 4.70. The Hall–Kier alpha value is -3.28. The smallest absolute Gasteiger partial charge is 0.307 e. The number of carbonyl (C=O) groups excluding carboxylic acids is 1. The molecule has 0 saturated heterocycles. The van der Waals surface area contributed by atoms with Crippen LogP contribution < -0.4 is 10.2 Å². The van der Waals surface area contributed by atoms with Gasteiger partial charge in [0.25, 0.3) is 0 Å². The lowest BCUT2D eigenvalue weighted by Crippen LogP contribution is -2.17. The molecule has 3 aromatic rings. The molecule has 1 aromatic heterocycles. The first kappa shape index (κ1) is 16.6. The van der Waals surface area contributed by atoms with Crippen LogP contribution in [0.4, 0.5) is 0 Å². The molecule has 2 aromatic carbocycles. The van der Waals surface area contributed by atoms with E-state index in [9.17, 15) is 9.90 Å². The Labute approximate surface area is 144 Å². The van der Waals surface area contributed by atoms with Gasteiger partial charge in [-0.05, 0) is 32.0 Å². The van der Waals surface area contributed by atoms with Gasteiger partial charge >= 0.3 is 5.91 Å². The molecule has 25 heavy (non-hydrogen) atoms. The Morgan fingerprint density at radius 2 is 2.08 bits per heavy atom. The zero-order valence-electron chi connectivity index (χ0n) is 13.9. The highest BCUT2D eigenvalue weighted by Gasteiger charge is 2.16. The van der Waals surface area contributed by atoms with Crippen molar-refractivity contribution in [2.45, 2.75) is 13.8 Å². The summed E-state index contributed by atoms with van der Waals surface area (Å²) in [6.07, 6.45) is 1.35. The molecule has 0 saturated carbocycles. The molecule has 1 heterocycles. The number of phenolic OH excluding ortho intramolecular Hbond substituents is 1. The van der Waals surface area contributed by atoms with E-state index < -0.39 is 5.91 Å². The molecule has 0 radical (unpaired) electrons. The van der Waals surface area contributed by atoms with E-state index in [1.54, 1.807) is 24.3 Å². The van der Waals surface area contributed by atoms with Gasteiger partial charge in [0.15, 0.2) is 17.3 Å². The molecule has 0 aliphatic heterocycles. The van der Waals surface area contributed by atoms with Crippen LogP contribution in [-0.4, -0.2) is 23.8 Å². The standard InChI is InChI=1S/C19H18N2O4/c1-3-24-16-10-6-7-13(17(16)22)11-20-21-19(23)18-12(2)14-8-4-5-9-15(14)25-18/h4-11,22H,3H2,1-2H3,(H,21,23)/b20-11+. The van der Waals surface area contributed by atoms with Gasteiger partial charge in [-0.15, -0.1) is 0 Å². The normalized spacial score (nSPS) is 11.1. The fourth-order valence-corrected chi connectivity index (χ4v) is 2.52. The number of nitrogens with zero attached hydrogens (tertiary/aromatic N) is 1. The van der Waals surface area contributed by atoms with Crippen LogP contribution in [0.1, 0.15) is 28.6 Å². The number of aryl methyl sites for hydroxylation is 1. The number of aromatic hydroxyl groups is 1. The lowest BCUT2D eigenvalue weighted by atomic mass is 10.1. The molecule has 0 aliphatic rings. The minimum Gasteiger partial charge on any atom is -0.504 e. The topological polar surface area (TPSA) is 84.1 Å². The molecule has 0 unspecified atom stereocenters. The van der Waals surface area contributed by atoms with E-state index in [1.165, 1.54) is 6.21 Å². The summed E-state index contributed by atoms with van der Waals surface area (Å²) >= 11 is 0. The zero-order chi connectivity index (χ0) is 17.8. The minimum atomic E-state index is -0.453. The van der Waals surface area contributed by atoms with Gasteiger partial charge in [0.2, 0.25) is 0 Å². The lowest BCUT2D eigenvalue weighted by molar-refractivity contribution is 0.0929. The Morgan fingerprint density at radius 1 is 1.28 bits per heavy atom. The van der Waals surface area contributed by atoms with Gasteiger partial charge in [-0.25, -0.2) is 5.43 Å². The highest BCUT2D eigenvalue weighted by molar-refractivity contribution is 5.99. The van der Waals surface area contributed by atoms with Crippen LogP contribution in [0.5, 0.6) is 11.5 Å². The van der Waals surface area contributed by atoms with Gasteiger partial charge < -0.3 is 14.3 Å². The molecular weight excluding hydrogens is 320 g/mol. The SMILES string of the molecule is CCOc1cccc(/C=N/NC(=O)c2oc3ccccc3c2C)c1O. The first-order valence-corrected chi connectivity index (χ1v) is 7.88. The fourth-order valence-electron chi connectivity index (χ4n) is 2.52. The number of ether oxygens (including phenoxy) is 1. The summed E-state index contributed by atoms with van der Waals surface area (Å²) in [7, 11) is 0. The Bertz CT molecular complexity index is 944. The van der Waals surface area contributed by atoms with E-state index in [1.807, 2.05) is 32.0 Å². The molecule has 3 rings (SSSR count). The van der Waals surface area contributed by atoms with Crippen LogP contribution in [0.3, 0.4) is 0 Å². The lowest BCUT2D eigenvalue weighted by Gasteiger charge is -2.07. The minimum absolute atomic E-state index is 0.0257. The number of hydrogen-bond donors (Lipinski definition) is 2. The summed E-state index contributed by atoms with van der Waals surface area (Å²) in [4.78, 5) is 12.3. The first-order chi connectivity index (χ1) is 12.1. The number of hydrazone groups is 1. The van der Waals surface area contributed by atoms with Crippen LogP contribution in [-0.2, 0) is 0 Å². The Balaban J connectivity index is 1.77. The van der Waals surface area contributed by atoms with Crippen molar-refractivity contribution in [3.63, 3.8) is 0 Å². The molecule has 0 bridgehead atoms. The number of hydrogen-bond acceptors (Lipinski definition) is 5. The number of carbonyl (C=O) groups is 1. The number of para-hydroxylation sites is 2. The summed E-state index contributed by atoms with van der Waals surface area (Å²) in [6.45, 7) is 4.09. The van der Waals surface area contributed by atoms with E-state index in [-0.39, 0.29) is 11.5 Å². The predicted molar refractivity (Wildman–Crippen MR) is 95.3 cm³/mol. The van der Waals surface area contributed by atoms with Gasteiger partial charge in [-0.1, -0.05) is 24.3 Å². The van der Waals surface area contributed by atoms with Crippen LogP contribution in [0.15, 0.2) is 52.0 Å². The molecule has 6 nitrogen and oxygen atoms in total. The van der Waals surface area contributed by atoms with Gasteiger partial charge in [0.05, 0.1) is 12.8 Å². The molecule has 0 aliphatic carbocycles. The molecule has 0 spiro atoms. The maximum Gasteiger partial charge on any atom is 0.307 e. The number of furan rings is 1. The van der Waals surface area contributed by atoms with Gasteiger partial charge in [0.1, 0.15) is 5.58 Å². The number of rotatable bonds is 5. The van der Waals surface area contributed by atoms with E-state index in [0.29, 0.717) is 23.5 Å². The number of phenols is 1. The summed E-state index contributed by atoms with van der Waals surface area (Å²) in [5, 5.41) is 14.9. The van der Waals surface area contributed by atoms with E-state index in [2.05, 4.69) is 10.5 Å². The maximum atomic E-state index is 12.3. The zero-order valence-corrected chi connectivity index (χ0v) is 13.9. The summed E-state index contributed by atoms with van der Waals surface area (Å²) < 4.78 is 10.9. The van der Waals surface area contributed by atoms with Crippen molar-refractivity contribution in [1.29, 1.82) is 0 Å². The number of nitrogens with one attached hydrogen (secondary N) is 1. The molecule has 6 heteroatoms. The molecule has 2 N–H and O–H groups in total. The predicted octanol–water partition coefficient (Wildman–Crippen LogP) is 3.61. The van der Waals surface area contributed by atoms with E-state index in [0.717, 1.165) is 10.9 Å². The second kappa shape index (κ2) is 7.09.